The van der Waals surface area contributed by atoms with Gasteiger partial charge in [0.2, 0.25) is 17.8 Å². The van der Waals surface area contributed by atoms with Gasteiger partial charge >= 0.3 is 53.5 Å². The molecular formula is C90H104F9N21O15. The molecule has 0 aliphatic rings. The third-order valence-corrected chi connectivity index (χ3v) is 22.0. The third-order valence-electron chi connectivity index (χ3n) is 22.0. The molecule has 0 fully saturated rings. The highest BCUT2D eigenvalue weighted by atomic mass is 19.4. The summed E-state index contributed by atoms with van der Waals surface area (Å²) in [7, 11) is 0. The molecule has 3 atom stereocenters. The van der Waals surface area contributed by atoms with Crippen LogP contribution in [0.25, 0.3) is 50.6 Å². The van der Waals surface area contributed by atoms with Gasteiger partial charge in [-0.25, -0.2) is 72.4 Å². The molecule has 0 amide bonds. The molecular weight excluding hydrogens is 1790 g/mol. The number of carboxylic acid groups (broad SMARTS) is 3. The monoisotopic (exact) mass is 1890 g/mol. The zero-order valence-electron chi connectivity index (χ0n) is 74.7. The van der Waals surface area contributed by atoms with Crippen LogP contribution < -0.4 is 47.7 Å². The Hall–Kier alpha value is -13.5. The van der Waals surface area contributed by atoms with Crippen LogP contribution >= 0.6 is 0 Å². The molecule has 0 bridgehead atoms. The zero-order chi connectivity index (χ0) is 96.7. The molecule has 0 saturated heterocycles. The van der Waals surface area contributed by atoms with Gasteiger partial charge in [-0.1, -0.05) is 36.4 Å². The van der Waals surface area contributed by atoms with Crippen LogP contribution in [-0.4, -0.2) is 260 Å². The van der Waals surface area contributed by atoms with Crippen molar-refractivity contribution in [2.45, 2.75) is 142 Å². The second-order valence-electron chi connectivity index (χ2n) is 31.1. The quantitative estimate of drug-likeness (QED) is 0.0152. The number of benzene rings is 3. The molecule has 722 valence electrons. The molecule has 0 saturated carbocycles. The smallest absolute Gasteiger partial charge is 0.393 e. The van der Waals surface area contributed by atoms with E-state index in [0.29, 0.717) is 107 Å². The van der Waals surface area contributed by atoms with Crippen LogP contribution in [0.5, 0.6) is 0 Å². The van der Waals surface area contributed by atoms with E-state index >= 15 is 0 Å². The van der Waals surface area contributed by atoms with Crippen LogP contribution in [0.3, 0.4) is 0 Å². The van der Waals surface area contributed by atoms with Gasteiger partial charge in [-0.05, 0) is 131 Å². The summed E-state index contributed by atoms with van der Waals surface area (Å²) >= 11 is 0. The van der Waals surface area contributed by atoms with E-state index in [-0.39, 0.29) is 164 Å². The Balaban J connectivity index is 0.669. The fourth-order valence-corrected chi connectivity index (χ4v) is 15.2. The van der Waals surface area contributed by atoms with Crippen LogP contribution in [0.1, 0.15) is 74.9 Å². The minimum atomic E-state index is -4.64. The number of aromatic nitrogens is 15. The molecule has 45 heteroatoms. The number of alkyl halides is 9. The van der Waals surface area contributed by atoms with Crippen molar-refractivity contribution >= 4 is 86.7 Å². The lowest BCUT2D eigenvalue weighted by atomic mass is 10.0. The number of anilines is 6. The minimum absolute atomic E-state index is 0.00793. The van der Waals surface area contributed by atoms with E-state index in [1.54, 1.807) is 124 Å². The maximum atomic E-state index is 14.4. The molecule has 0 aliphatic heterocycles. The second-order valence-corrected chi connectivity index (χ2v) is 31.1. The standard InChI is InChI=1S/C90H104F9N21O15/c1-7-112(8-2)82-103-52-60(49-88(91,92)93)73(109-82)106-67(79(121)122)46-57-19-25-63(26-20-57)118-76-70(16-13-31-100-76)115(85(118)127)34-37-130-40-42-133-55-66(135-45-44-132-39-36-117-72-18-15-33-102-78(72)120(87(117)129)65-29-23-59(24-30-65)48-69(81(125)126)108-75-62(51-90(97,98)99)54-105-84(111-75)114(11-5)12-6)56-134-43-41-131-38-35-116-71-17-14-32-101-77(71)119(86(116)128)64-27-21-58(22-28-64)47-68(80(123)124)107-74-61(50-89(94,95)96)53-104-83(110-74)113(9-3)10-4/h13-33,52-54,66-69H,7-12,34-51,55-56H2,1-6H3,(H,121,122)(H,123,124)(H,125,126)(H,103,106,109)(H,104,107,110)(H,105,108,111)/t67-,68-,69-/m0/s1. The Bertz CT molecular complexity index is 5920. The highest BCUT2D eigenvalue weighted by Gasteiger charge is 2.36. The van der Waals surface area contributed by atoms with Crippen molar-refractivity contribution in [3.63, 3.8) is 0 Å². The molecule has 9 aromatic heterocycles. The zero-order valence-corrected chi connectivity index (χ0v) is 74.7. The number of ether oxygens (including phenoxy) is 6. The molecule has 12 aromatic rings. The van der Waals surface area contributed by atoms with Gasteiger partial charge < -0.3 is 74.4 Å². The van der Waals surface area contributed by atoms with Crippen LogP contribution in [0.15, 0.2) is 161 Å². The molecule has 36 nitrogen and oxygen atoms in total. The first-order valence-electron chi connectivity index (χ1n) is 43.8. The lowest BCUT2D eigenvalue weighted by molar-refractivity contribution is -0.138. The van der Waals surface area contributed by atoms with Gasteiger partial charge in [0.05, 0.1) is 145 Å². The number of rotatable bonds is 53. The van der Waals surface area contributed by atoms with Crippen LogP contribution in [0.2, 0.25) is 0 Å². The Morgan fingerprint density at radius 2 is 0.637 bits per heavy atom. The number of fused-ring (bicyclic) bond motifs is 3. The van der Waals surface area contributed by atoms with Crippen LogP contribution in [0.4, 0.5) is 74.8 Å². The predicted molar refractivity (Wildman–Crippen MR) is 482 cm³/mol. The Morgan fingerprint density at radius 3 is 0.896 bits per heavy atom. The fraction of sp³-hybridized carbons (Fsp3) is 0.433. The van der Waals surface area contributed by atoms with Gasteiger partial charge in [-0.15, -0.1) is 0 Å². The maximum absolute atomic E-state index is 14.4. The lowest BCUT2D eigenvalue weighted by Crippen LogP contribution is -2.33. The van der Waals surface area contributed by atoms with Crippen molar-refractivity contribution in [3.8, 4) is 17.1 Å². The highest BCUT2D eigenvalue weighted by Crippen LogP contribution is 2.33. The largest absolute Gasteiger partial charge is 0.480 e. The summed E-state index contributed by atoms with van der Waals surface area (Å²) in [6, 6.07) is 25.1. The first-order chi connectivity index (χ1) is 64.8. The number of hydrogen-bond acceptors (Lipinski definition) is 27. The number of nitrogens with zero attached hydrogens (tertiary/aromatic N) is 18. The van der Waals surface area contributed by atoms with E-state index in [2.05, 4.69) is 60.8 Å². The van der Waals surface area contributed by atoms with Gasteiger partial charge in [-0.2, -0.15) is 54.5 Å². The summed E-state index contributed by atoms with van der Waals surface area (Å²) < 4.78 is 169. The normalized spacial score (nSPS) is 12.7. The highest BCUT2D eigenvalue weighted by molar-refractivity contribution is 5.81. The topological polar surface area (TPSA) is 410 Å². The van der Waals surface area contributed by atoms with Crippen LogP contribution in [0, 0.1) is 0 Å². The van der Waals surface area contributed by atoms with E-state index in [1.807, 2.05) is 41.5 Å². The number of carboxylic acids is 3. The van der Waals surface area contributed by atoms with Crippen molar-refractivity contribution in [2.75, 3.05) is 143 Å². The average molecular weight is 1890 g/mol. The average Bonchev–Trinajstić information content (AvgIpc) is 1.62. The Labute approximate surface area is 766 Å². The first kappa shape index (κ1) is 100. The molecule has 0 unspecified atom stereocenters. The summed E-state index contributed by atoms with van der Waals surface area (Å²) in [5.74, 6) is -4.46. The number of aliphatic carboxylic acids is 3. The number of hydrogen-bond donors (Lipinski definition) is 6. The number of imidazole rings is 3. The van der Waals surface area contributed by atoms with Crippen molar-refractivity contribution in [1.82, 2.24) is 72.3 Å². The van der Waals surface area contributed by atoms with Gasteiger partial charge in [-0.3, -0.25) is 13.7 Å². The van der Waals surface area contributed by atoms with Gasteiger partial charge in [0.25, 0.3) is 0 Å². The fourth-order valence-electron chi connectivity index (χ4n) is 15.2. The van der Waals surface area contributed by atoms with Gasteiger partial charge in [0, 0.05) is 112 Å². The van der Waals surface area contributed by atoms with E-state index in [4.69, 9.17) is 28.4 Å². The maximum Gasteiger partial charge on any atom is 0.393 e. The molecule has 0 aliphatic carbocycles. The lowest BCUT2D eigenvalue weighted by Gasteiger charge is -2.22. The van der Waals surface area contributed by atoms with E-state index in [1.165, 1.54) is 46.0 Å². The van der Waals surface area contributed by atoms with E-state index < -0.39 is 97.0 Å². The van der Waals surface area contributed by atoms with Crippen LogP contribution in [-0.2, 0) is 101 Å². The summed E-state index contributed by atoms with van der Waals surface area (Å²) in [6.45, 7) is 14.2. The molecule has 0 radical (unpaired) electrons. The summed E-state index contributed by atoms with van der Waals surface area (Å²) in [6.07, 6.45) is -11.7. The first-order valence-corrected chi connectivity index (χ1v) is 43.8. The number of nitrogens with one attached hydrogen (secondary N) is 3. The summed E-state index contributed by atoms with van der Waals surface area (Å²) in [5, 5.41) is 39.1. The van der Waals surface area contributed by atoms with Crippen molar-refractivity contribution < 1.29 is 97.6 Å². The molecule has 9 heterocycles. The molecule has 12 rings (SSSR count). The minimum Gasteiger partial charge on any atom is -0.480 e. The molecule has 0 spiro atoms. The summed E-state index contributed by atoms with van der Waals surface area (Å²) in [5.41, 5.74) is 2.54. The van der Waals surface area contributed by atoms with Crippen molar-refractivity contribution in [1.29, 1.82) is 0 Å². The Morgan fingerprint density at radius 1 is 0.370 bits per heavy atom. The molecule has 3 aromatic carbocycles. The second kappa shape index (κ2) is 46.4. The number of pyridine rings is 3. The third kappa shape index (κ3) is 26.5. The SMILES string of the molecule is CCN(CC)c1ncc(CC(F)(F)F)c(N[C@@H](Cc2ccc(-n3c(=O)n(CCOCCOCC(COCCOCCn4c(=O)n(-c5ccc(C[C@H](Nc6nc(N(CC)CC)ncc6CC(F)(F)F)C(=O)O)cc5)c5ncccc54)OCCOCCn4c(=O)n(-c5ccc(C[C@H](Nc6nc(N(CC)CC)ncc6CC(F)(F)F)C(=O)O)cc5)c5ncccc54)c4cccnc43)cc2)C(=O)O)n1. The van der Waals surface area contributed by atoms with Gasteiger partial charge in [0.1, 0.15) is 41.7 Å². The van der Waals surface area contributed by atoms with Gasteiger partial charge in [0.15, 0.2) is 16.9 Å². The number of halogens is 9. The molecule has 135 heavy (non-hydrogen) atoms. The Kier molecular flexibility index (Phi) is 34.6. The van der Waals surface area contributed by atoms with E-state index in [0.717, 1.165) is 18.6 Å². The molecule has 6 N–H and O–H groups in total. The van der Waals surface area contributed by atoms with E-state index in [9.17, 15) is 83.6 Å². The van der Waals surface area contributed by atoms with Crippen molar-refractivity contribution in [3.05, 3.63) is 211 Å². The number of carbonyl (C=O) groups is 3. The van der Waals surface area contributed by atoms with Crippen molar-refractivity contribution in [2.24, 2.45) is 0 Å². The summed E-state index contributed by atoms with van der Waals surface area (Å²) in [4.78, 5) is 125. The predicted octanol–water partition coefficient (Wildman–Crippen LogP) is 10.6.